The highest BCUT2D eigenvalue weighted by molar-refractivity contribution is 6.46. The third-order valence-corrected chi connectivity index (χ3v) is 7.08. The van der Waals surface area contributed by atoms with Gasteiger partial charge < -0.3 is 14.7 Å². The van der Waals surface area contributed by atoms with Gasteiger partial charge in [-0.3, -0.25) is 19.7 Å². The Morgan fingerprint density at radius 2 is 1.50 bits per heavy atom. The summed E-state index contributed by atoms with van der Waals surface area (Å²) in [5, 5.41) is 23.0. The van der Waals surface area contributed by atoms with Gasteiger partial charge in [-0.1, -0.05) is 76.8 Å². The molecule has 1 saturated heterocycles. The molecule has 0 aliphatic carbocycles. The van der Waals surface area contributed by atoms with Crippen LogP contribution in [0.2, 0.25) is 0 Å². The van der Waals surface area contributed by atoms with Gasteiger partial charge in [-0.25, -0.2) is 0 Å². The molecule has 0 aromatic heterocycles. The first kappa shape index (κ1) is 28.9. The van der Waals surface area contributed by atoms with Crippen molar-refractivity contribution in [3.05, 3.63) is 75.3 Å². The van der Waals surface area contributed by atoms with Gasteiger partial charge in [-0.2, -0.15) is 0 Å². The third-order valence-electron chi connectivity index (χ3n) is 7.08. The zero-order valence-corrected chi connectivity index (χ0v) is 22.4. The molecule has 0 radical (unpaired) electrons. The van der Waals surface area contributed by atoms with Crippen LogP contribution in [0.3, 0.4) is 0 Å². The predicted octanol–water partition coefficient (Wildman–Crippen LogP) is 6.95. The van der Waals surface area contributed by atoms with Crippen LogP contribution in [0.5, 0.6) is 5.75 Å². The van der Waals surface area contributed by atoms with Gasteiger partial charge >= 0.3 is 0 Å². The van der Waals surface area contributed by atoms with Gasteiger partial charge in [0.25, 0.3) is 17.4 Å². The lowest BCUT2D eigenvalue weighted by Crippen LogP contribution is -2.31. The molecule has 1 heterocycles. The zero-order valence-electron chi connectivity index (χ0n) is 22.4. The van der Waals surface area contributed by atoms with E-state index in [0.717, 1.165) is 19.3 Å². The largest absolute Gasteiger partial charge is 0.507 e. The van der Waals surface area contributed by atoms with Crippen molar-refractivity contribution in [2.24, 2.45) is 0 Å². The number of methoxy groups -OCH3 is 1. The van der Waals surface area contributed by atoms with E-state index in [-0.39, 0.29) is 29.1 Å². The summed E-state index contributed by atoms with van der Waals surface area (Å²) in [6.07, 6.45) is 11.2. The van der Waals surface area contributed by atoms with Gasteiger partial charge in [-0.05, 0) is 36.8 Å². The van der Waals surface area contributed by atoms with Crippen molar-refractivity contribution in [1.82, 2.24) is 4.90 Å². The maximum absolute atomic E-state index is 13.2. The Bertz CT molecular complexity index is 1140. The topological polar surface area (TPSA) is 110 Å². The van der Waals surface area contributed by atoms with Crippen molar-refractivity contribution in [1.29, 1.82) is 0 Å². The number of nitro groups is 1. The second kappa shape index (κ2) is 14.3. The quantitative estimate of drug-likeness (QED) is 0.0677. The van der Waals surface area contributed by atoms with Gasteiger partial charge in [0.1, 0.15) is 11.5 Å². The number of para-hydroxylation sites is 1. The molecule has 0 unspecified atom stereocenters. The van der Waals surface area contributed by atoms with E-state index in [1.54, 1.807) is 42.5 Å². The molecule has 1 amide bonds. The number of amides is 1. The summed E-state index contributed by atoms with van der Waals surface area (Å²) in [4.78, 5) is 39.0. The number of unbranched alkanes of at least 4 members (excludes halogenated alkanes) is 9. The molecule has 2 aromatic carbocycles. The number of carbonyl (C=O) groups is 2. The Kier molecular flexibility index (Phi) is 10.9. The second-order valence-electron chi connectivity index (χ2n) is 9.72. The summed E-state index contributed by atoms with van der Waals surface area (Å²) >= 11 is 0. The lowest BCUT2D eigenvalue weighted by atomic mass is 9.94. The van der Waals surface area contributed by atoms with Gasteiger partial charge in [0, 0.05) is 18.2 Å². The van der Waals surface area contributed by atoms with E-state index < -0.39 is 22.7 Å². The van der Waals surface area contributed by atoms with E-state index in [1.165, 1.54) is 56.6 Å². The van der Waals surface area contributed by atoms with Gasteiger partial charge in [0.2, 0.25) is 0 Å². The van der Waals surface area contributed by atoms with Crippen LogP contribution in [0.4, 0.5) is 5.69 Å². The number of hydrogen-bond donors (Lipinski definition) is 1. The number of hydrogen-bond acceptors (Lipinski definition) is 6. The summed E-state index contributed by atoms with van der Waals surface area (Å²) in [6, 6.07) is 11.5. The normalized spacial score (nSPS) is 16.7. The average Bonchev–Trinajstić information content (AvgIpc) is 3.18. The van der Waals surface area contributed by atoms with Crippen molar-refractivity contribution < 1.29 is 24.4 Å². The molecular weight excluding hydrogens is 484 g/mol. The van der Waals surface area contributed by atoms with E-state index in [1.807, 2.05) is 0 Å². The van der Waals surface area contributed by atoms with E-state index in [0.29, 0.717) is 17.7 Å². The molecule has 0 saturated carbocycles. The number of ketones is 1. The number of ether oxygens (including phenoxy) is 1. The highest BCUT2D eigenvalue weighted by atomic mass is 16.6. The molecule has 1 aliphatic rings. The van der Waals surface area contributed by atoms with Crippen molar-refractivity contribution >= 4 is 23.1 Å². The minimum Gasteiger partial charge on any atom is -0.507 e. The van der Waals surface area contributed by atoms with E-state index >= 15 is 0 Å². The van der Waals surface area contributed by atoms with Crippen molar-refractivity contribution in [3.63, 3.8) is 0 Å². The van der Waals surface area contributed by atoms with Gasteiger partial charge in [0.05, 0.1) is 29.2 Å². The van der Waals surface area contributed by atoms with Gasteiger partial charge in [0.15, 0.2) is 0 Å². The maximum Gasteiger partial charge on any atom is 0.295 e. The second-order valence-corrected chi connectivity index (χ2v) is 9.72. The molecule has 8 heteroatoms. The number of aliphatic hydroxyl groups excluding tert-OH is 1. The van der Waals surface area contributed by atoms with E-state index in [4.69, 9.17) is 4.74 Å². The molecule has 0 spiro atoms. The fraction of sp³-hybridized carbons (Fsp3) is 0.467. The molecule has 2 aromatic rings. The van der Waals surface area contributed by atoms with E-state index in [9.17, 15) is 24.8 Å². The van der Waals surface area contributed by atoms with E-state index in [2.05, 4.69) is 6.92 Å². The summed E-state index contributed by atoms with van der Waals surface area (Å²) in [5.41, 5.74) is 0.194. The minimum atomic E-state index is -1.04. The van der Waals surface area contributed by atoms with Crippen LogP contribution in [0.25, 0.3) is 5.76 Å². The number of likely N-dealkylation sites (tertiary alicyclic amines) is 1. The maximum atomic E-state index is 13.2. The first-order chi connectivity index (χ1) is 18.4. The molecule has 204 valence electrons. The molecule has 1 atom stereocenters. The Morgan fingerprint density at radius 3 is 2.08 bits per heavy atom. The summed E-state index contributed by atoms with van der Waals surface area (Å²) < 4.78 is 5.16. The first-order valence-electron chi connectivity index (χ1n) is 13.6. The van der Waals surface area contributed by atoms with Crippen LogP contribution in [0, 0.1) is 10.1 Å². The summed E-state index contributed by atoms with van der Waals surface area (Å²) in [5.74, 6) is -1.38. The smallest absolute Gasteiger partial charge is 0.295 e. The average molecular weight is 523 g/mol. The zero-order chi connectivity index (χ0) is 27.5. The highest BCUT2D eigenvalue weighted by Gasteiger charge is 2.47. The van der Waals surface area contributed by atoms with Crippen LogP contribution in [-0.4, -0.2) is 40.3 Å². The standard InChI is InChI=1S/C30H38N2O6/c1-3-4-5-6-7-8-9-10-11-14-21-31-27(24-15-12-13-16-25(24)32(36)37)26(29(34)30(31)35)28(33)22-17-19-23(38-2)20-18-22/h12-13,15-20,27,33H,3-11,14,21H2,1-2H3/t27-/m0/s1. The molecule has 1 aliphatic heterocycles. The number of nitro benzene ring substituents is 1. The SMILES string of the molecule is CCCCCCCCCCCCN1C(=O)C(=O)C(=C(O)c2ccc(OC)cc2)[C@@H]1c1ccccc1[N+](=O)[O-]. The minimum absolute atomic E-state index is 0.137. The monoisotopic (exact) mass is 522 g/mol. The van der Waals surface area contributed by atoms with Crippen molar-refractivity contribution in [3.8, 4) is 5.75 Å². The van der Waals surface area contributed by atoms with Crippen LogP contribution in [0.15, 0.2) is 54.1 Å². The van der Waals surface area contributed by atoms with Crippen LogP contribution < -0.4 is 4.74 Å². The van der Waals surface area contributed by atoms with Crippen LogP contribution in [0.1, 0.15) is 88.3 Å². The Balaban J connectivity index is 1.82. The van der Waals surface area contributed by atoms with Gasteiger partial charge in [-0.15, -0.1) is 0 Å². The lowest BCUT2D eigenvalue weighted by Gasteiger charge is -2.25. The molecule has 1 fully saturated rings. The number of carbonyl (C=O) groups excluding carboxylic acids is 2. The Morgan fingerprint density at radius 1 is 0.921 bits per heavy atom. The molecule has 1 N–H and O–H groups in total. The molecule has 0 bridgehead atoms. The van der Waals surface area contributed by atoms with Crippen LogP contribution in [-0.2, 0) is 9.59 Å². The summed E-state index contributed by atoms with van der Waals surface area (Å²) in [6.45, 7) is 2.48. The lowest BCUT2D eigenvalue weighted by molar-refractivity contribution is -0.385. The fourth-order valence-corrected chi connectivity index (χ4v) is 4.99. The van der Waals surface area contributed by atoms with Crippen LogP contribution >= 0.6 is 0 Å². The van der Waals surface area contributed by atoms with Crippen molar-refractivity contribution in [2.45, 2.75) is 77.2 Å². The number of Topliss-reactive ketones (excluding diaryl/α,β-unsaturated/α-hetero) is 1. The van der Waals surface area contributed by atoms with Crippen molar-refractivity contribution in [2.75, 3.05) is 13.7 Å². The summed E-state index contributed by atoms with van der Waals surface area (Å²) in [7, 11) is 1.52. The Labute approximate surface area is 224 Å². The highest BCUT2D eigenvalue weighted by Crippen LogP contribution is 2.42. The number of nitrogens with zero attached hydrogens (tertiary/aromatic N) is 2. The predicted molar refractivity (Wildman–Crippen MR) is 147 cm³/mol. The number of aliphatic hydroxyl groups is 1. The number of rotatable bonds is 15. The Hall–Kier alpha value is -3.68. The molecule has 3 rings (SSSR count). The molecule has 38 heavy (non-hydrogen) atoms. The first-order valence-corrected chi connectivity index (χ1v) is 13.6. The molecular formula is C30H38N2O6. The fourth-order valence-electron chi connectivity index (χ4n) is 4.99. The third kappa shape index (κ3) is 7.00. The number of benzene rings is 2. The molecule has 8 nitrogen and oxygen atoms in total.